The number of hydrogen-bond acceptors (Lipinski definition) is 1. The molecule has 2 aromatic carbocycles. The number of amides is 1. The van der Waals surface area contributed by atoms with Crippen molar-refractivity contribution in [2.75, 3.05) is 5.32 Å². The Morgan fingerprint density at radius 1 is 1.13 bits per heavy atom. The number of carbonyl (C=O) groups is 1. The highest BCUT2D eigenvalue weighted by Crippen LogP contribution is 2.15. The van der Waals surface area contributed by atoms with Gasteiger partial charge in [-0.05, 0) is 41.7 Å². The molecule has 2 rings (SSSR count). The lowest BCUT2D eigenvalue weighted by Crippen LogP contribution is -2.09. The minimum absolute atomic E-state index is 0.0478. The zero-order valence-electron chi connectivity index (χ0n) is 13.1. The molecule has 0 aromatic heterocycles. The van der Waals surface area contributed by atoms with Crippen LogP contribution in [-0.4, -0.2) is 5.91 Å². The number of rotatable bonds is 5. The summed E-state index contributed by atoms with van der Waals surface area (Å²) in [5, 5.41) is 2.38. The van der Waals surface area contributed by atoms with E-state index in [1.165, 1.54) is 17.7 Å². The van der Waals surface area contributed by atoms with Gasteiger partial charge in [0, 0.05) is 12.1 Å². The Bertz CT molecular complexity index is 706. The van der Waals surface area contributed by atoms with E-state index in [-0.39, 0.29) is 5.69 Å². The summed E-state index contributed by atoms with van der Waals surface area (Å²) in [4.78, 5) is 11.8. The SMILES string of the molecule is CC(C)Cc1ccc(/C=C\C(=O)Nc2ccc(F)cc2F)cc1. The largest absolute Gasteiger partial charge is 0.320 e. The Kier molecular flexibility index (Phi) is 5.63. The van der Waals surface area contributed by atoms with Crippen molar-refractivity contribution in [3.8, 4) is 0 Å². The highest BCUT2D eigenvalue weighted by molar-refractivity contribution is 6.01. The molecule has 1 amide bonds. The molecule has 120 valence electrons. The van der Waals surface area contributed by atoms with Gasteiger partial charge in [0.25, 0.3) is 0 Å². The molecule has 0 heterocycles. The smallest absolute Gasteiger partial charge is 0.248 e. The summed E-state index contributed by atoms with van der Waals surface area (Å²) in [6.45, 7) is 4.32. The molecule has 0 saturated heterocycles. The normalized spacial score (nSPS) is 11.2. The maximum absolute atomic E-state index is 13.4. The van der Waals surface area contributed by atoms with E-state index in [1.54, 1.807) is 6.08 Å². The van der Waals surface area contributed by atoms with Gasteiger partial charge in [-0.2, -0.15) is 0 Å². The number of nitrogens with one attached hydrogen (secondary N) is 1. The van der Waals surface area contributed by atoms with Crippen molar-refractivity contribution in [2.24, 2.45) is 5.92 Å². The van der Waals surface area contributed by atoms with Gasteiger partial charge in [-0.15, -0.1) is 0 Å². The first-order chi connectivity index (χ1) is 10.9. The van der Waals surface area contributed by atoms with Crippen LogP contribution in [0, 0.1) is 17.6 Å². The Morgan fingerprint density at radius 2 is 1.83 bits per heavy atom. The van der Waals surface area contributed by atoms with Gasteiger partial charge in [-0.1, -0.05) is 38.1 Å². The first-order valence-electron chi connectivity index (χ1n) is 7.47. The lowest BCUT2D eigenvalue weighted by molar-refractivity contribution is -0.111. The summed E-state index contributed by atoms with van der Waals surface area (Å²) in [5.74, 6) is -1.36. The molecular formula is C19H19F2NO. The van der Waals surface area contributed by atoms with Crippen LogP contribution in [0.5, 0.6) is 0 Å². The highest BCUT2D eigenvalue weighted by atomic mass is 19.1. The second-order valence-corrected chi connectivity index (χ2v) is 5.79. The zero-order valence-corrected chi connectivity index (χ0v) is 13.1. The fourth-order valence-corrected chi connectivity index (χ4v) is 2.17. The van der Waals surface area contributed by atoms with Crippen molar-refractivity contribution in [3.63, 3.8) is 0 Å². The molecule has 2 aromatic rings. The molecule has 0 aliphatic heterocycles. The molecule has 0 spiro atoms. The van der Waals surface area contributed by atoms with Crippen LogP contribution in [0.25, 0.3) is 6.08 Å². The number of halogens is 2. The third-order valence-electron chi connectivity index (χ3n) is 3.24. The van der Waals surface area contributed by atoms with E-state index in [0.717, 1.165) is 24.1 Å². The molecule has 0 unspecified atom stereocenters. The standard InChI is InChI=1S/C19H19F2NO/c1-13(2)11-15-5-3-14(4-6-15)7-10-19(23)22-18-9-8-16(20)12-17(18)21/h3-10,12-13H,11H2,1-2H3,(H,22,23)/b10-7-. The van der Waals surface area contributed by atoms with Crippen molar-refractivity contribution in [3.05, 3.63) is 71.3 Å². The summed E-state index contributed by atoms with van der Waals surface area (Å²) in [6.07, 6.45) is 3.98. The van der Waals surface area contributed by atoms with Crippen LogP contribution in [0.1, 0.15) is 25.0 Å². The summed E-state index contributed by atoms with van der Waals surface area (Å²) in [6, 6.07) is 10.9. The Hall–Kier alpha value is -2.49. The van der Waals surface area contributed by atoms with Gasteiger partial charge in [0.2, 0.25) is 5.91 Å². The van der Waals surface area contributed by atoms with Crippen molar-refractivity contribution in [2.45, 2.75) is 20.3 Å². The Morgan fingerprint density at radius 3 is 2.43 bits per heavy atom. The fourth-order valence-electron chi connectivity index (χ4n) is 2.17. The maximum Gasteiger partial charge on any atom is 0.248 e. The van der Waals surface area contributed by atoms with E-state index in [1.807, 2.05) is 24.3 Å². The van der Waals surface area contributed by atoms with Gasteiger partial charge in [0.05, 0.1) is 5.69 Å². The van der Waals surface area contributed by atoms with E-state index in [9.17, 15) is 13.6 Å². The summed E-state index contributed by atoms with van der Waals surface area (Å²) >= 11 is 0. The van der Waals surface area contributed by atoms with Crippen LogP contribution in [0.15, 0.2) is 48.5 Å². The minimum atomic E-state index is -0.801. The molecular weight excluding hydrogens is 296 g/mol. The van der Waals surface area contributed by atoms with E-state index in [2.05, 4.69) is 19.2 Å². The predicted molar refractivity (Wildman–Crippen MR) is 89.0 cm³/mol. The van der Waals surface area contributed by atoms with Crippen LogP contribution in [0.4, 0.5) is 14.5 Å². The van der Waals surface area contributed by atoms with Crippen LogP contribution >= 0.6 is 0 Å². The molecule has 0 aliphatic carbocycles. The molecule has 0 radical (unpaired) electrons. The van der Waals surface area contributed by atoms with Crippen molar-refractivity contribution >= 4 is 17.7 Å². The van der Waals surface area contributed by atoms with Crippen LogP contribution in [0.2, 0.25) is 0 Å². The van der Waals surface area contributed by atoms with E-state index < -0.39 is 17.5 Å². The van der Waals surface area contributed by atoms with E-state index >= 15 is 0 Å². The third-order valence-corrected chi connectivity index (χ3v) is 3.24. The maximum atomic E-state index is 13.4. The van der Waals surface area contributed by atoms with Gasteiger partial charge in [0.15, 0.2) is 0 Å². The van der Waals surface area contributed by atoms with Gasteiger partial charge in [-0.25, -0.2) is 8.78 Å². The molecule has 2 nitrogen and oxygen atoms in total. The number of hydrogen-bond donors (Lipinski definition) is 1. The third kappa shape index (κ3) is 5.33. The van der Waals surface area contributed by atoms with Crippen molar-refractivity contribution in [1.29, 1.82) is 0 Å². The zero-order chi connectivity index (χ0) is 16.8. The first kappa shape index (κ1) is 16.9. The molecule has 0 aliphatic rings. The molecule has 0 fully saturated rings. The molecule has 0 saturated carbocycles. The second-order valence-electron chi connectivity index (χ2n) is 5.79. The van der Waals surface area contributed by atoms with Gasteiger partial charge >= 0.3 is 0 Å². The lowest BCUT2D eigenvalue weighted by Gasteiger charge is -2.05. The predicted octanol–water partition coefficient (Wildman–Crippen LogP) is 4.82. The Labute approximate surface area is 134 Å². The molecule has 4 heteroatoms. The van der Waals surface area contributed by atoms with Crippen molar-refractivity contribution in [1.82, 2.24) is 0 Å². The minimum Gasteiger partial charge on any atom is -0.320 e. The number of anilines is 1. The monoisotopic (exact) mass is 315 g/mol. The molecule has 23 heavy (non-hydrogen) atoms. The lowest BCUT2D eigenvalue weighted by atomic mass is 10.0. The van der Waals surface area contributed by atoms with Crippen molar-refractivity contribution < 1.29 is 13.6 Å². The molecule has 1 N–H and O–H groups in total. The highest BCUT2D eigenvalue weighted by Gasteiger charge is 2.05. The van der Waals surface area contributed by atoms with Gasteiger partial charge in [-0.3, -0.25) is 4.79 Å². The summed E-state index contributed by atoms with van der Waals surface area (Å²) < 4.78 is 26.2. The molecule has 0 bridgehead atoms. The van der Waals surface area contributed by atoms with Gasteiger partial charge < -0.3 is 5.32 Å². The quantitative estimate of drug-likeness (QED) is 0.788. The van der Waals surface area contributed by atoms with E-state index in [0.29, 0.717) is 5.92 Å². The van der Waals surface area contributed by atoms with Gasteiger partial charge in [0.1, 0.15) is 11.6 Å². The van der Waals surface area contributed by atoms with E-state index in [4.69, 9.17) is 0 Å². The van der Waals surface area contributed by atoms with Crippen LogP contribution < -0.4 is 5.32 Å². The topological polar surface area (TPSA) is 29.1 Å². The van der Waals surface area contributed by atoms with Crippen LogP contribution in [0.3, 0.4) is 0 Å². The fraction of sp³-hybridized carbons (Fsp3) is 0.211. The first-order valence-corrected chi connectivity index (χ1v) is 7.47. The number of benzene rings is 2. The number of carbonyl (C=O) groups excluding carboxylic acids is 1. The summed E-state index contributed by atoms with van der Waals surface area (Å²) in [5.41, 5.74) is 2.08. The molecule has 0 atom stereocenters. The van der Waals surface area contributed by atoms with Crippen LogP contribution in [-0.2, 0) is 11.2 Å². The average molecular weight is 315 g/mol. The average Bonchev–Trinajstić information content (AvgIpc) is 2.49. The summed E-state index contributed by atoms with van der Waals surface area (Å²) in [7, 11) is 0. The Balaban J connectivity index is 1.97. The second kappa shape index (κ2) is 7.68.